The van der Waals surface area contributed by atoms with Gasteiger partial charge in [-0.25, -0.2) is 9.50 Å². The number of fused-ring (bicyclic) bond motifs is 2. The second kappa shape index (κ2) is 14.5. The summed E-state index contributed by atoms with van der Waals surface area (Å²) in [4.78, 5) is 7.36. The van der Waals surface area contributed by atoms with Gasteiger partial charge in [-0.15, -0.1) is 0 Å². The van der Waals surface area contributed by atoms with Gasteiger partial charge in [0.05, 0.1) is 38.3 Å². The Morgan fingerprint density at radius 1 is 0.776 bits per heavy atom. The summed E-state index contributed by atoms with van der Waals surface area (Å²) < 4.78 is 28.3. The maximum atomic E-state index is 10.1. The maximum absolute atomic E-state index is 10.1. The number of benzene rings is 3. The Morgan fingerprint density at radius 2 is 1.37 bits per heavy atom. The summed E-state index contributed by atoms with van der Waals surface area (Å²) in [6.07, 6.45) is 3.66. The first kappa shape index (κ1) is 31.7. The minimum atomic E-state index is -0.621. The zero-order chi connectivity index (χ0) is 33.0. The van der Waals surface area contributed by atoms with Crippen LogP contribution in [0.25, 0.3) is 5.52 Å². The van der Waals surface area contributed by atoms with Gasteiger partial charge in [-0.2, -0.15) is 10.4 Å². The van der Waals surface area contributed by atoms with Crippen LogP contribution in [0.15, 0.2) is 103 Å². The normalized spacial score (nSPS) is 24.8. The molecular weight excluding hydrogens is 614 g/mol. The highest BCUT2D eigenvalue weighted by Gasteiger charge is 2.49. The highest BCUT2D eigenvalue weighted by atomic mass is 16.6. The number of rotatable bonds is 12. The van der Waals surface area contributed by atoms with Crippen molar-refractivity contribution in [1.29, 1.82) is 5.26 Å². The van der Waals surface area contributed by atoms with E-state index >= 15 is 0 Å². The fourth-order valence-electron chi connectivity index (χ4n) is 7.77. The second-order valence-electron chi connectivity index (χ2n) is 13.4. The Hall–Kier alpha value is -4.59. The van der Waals surface area contributed by atoms with Crippen molar-refractivity contribution in [3.63, 3.8) is 0 Å². The Bertz CT molecular complexity index is 1870. The summed E-state index contributed by atoms with van der Waals surface area (Å²) in [5.74, 6) is 1.99. The van der Waals surface area contributed by atoms with Crippen LogP contribution in [0.4, 0.5) is 5.69 Å². The first-order valence-corrected chi connectivity index (χ1v) is 17.4. The number of nitriles is 1. The number of aromatic nitrogens is 3. The number of hydrogen-bond donors (Lipinski definition) is 0. The van der Waals surface area contributed by atoms with Gasteiger partial charge in [0, 0.05) is 19.2 Å². The molecule has 4 heterocycles. The highest BCUT2D eigenvalue weighted by Crippen LogP contribution is 2.42. The molecule has 2 aliphatic heterocycles. The summed E-state index contributed by atoms with van der Waals surface area (Å²) in [6.45, 7) is 3.51. The monoisotopic (exact) mass is 655 g/mol. The van der Waals surface area contributed by atoms with Crippen molar-refractivity contribution in [2.24, 2.45) is 11.8 Å². The molecule has 250 valence electrons. The molecule has 9 heteroatoms. The molecule has 6 atom stereocenters. The lowest BCUT2D eigenvalue weighted by atomic mass is 10.0. The predicted octanol–water partition coefficient (Wildman–Crippen LogP) is 6.66. The molecule has 2 unspecified atom stereocenters. The van der Waals surface area contributed by atoms with Crippen LogP contribution >= 0.6 is 0 Å². The van der Waals surface area contributed by atoms with Gasteiger partial charge in [0.2, 0.25) is 0 Å². The molecule has 2 saturated heterocycles. The smallest absolute Gasteiger partial charge is 0.163 e. The number of ether oxygens (including phenoxy) is 4. The molecule has 0 amide bonds. The van der Waals surface area contributed by atoms with Gasteiger partial charge >= 0.3 is 0 Å². The van der Waals surface area contributed by atoms with Gasteiger partial charge < -0.3 is 23.8 Å². The topological polar surface area (TPSA) is 94.1 Å². The van der Waals surface area contributed by atoms with Crippen LogP contribution in [0.3, 0.4) is 0 Å². The number of hydrogen-bond acceptors (Lipinski definition) is 8. The standard InChI is InChI=1S/C40H41N5O4/c41-20-33-19-34(44-22-31-17-10-18-32(31)23-44)35-21-42-40(45(35)43-33)39-38(48-26-30-15-8-3-9-16-30)37(47-25-29-13-6-2-7-14-29)36(49-39)27-46-24-28-11-4-1-5-12-28/h1-9,11-16,19,21,31-32,36-39H,10,17-18,22-27H2/t31?,32?,36-,37-,38-,39-/m1/s1. The van der Waals surface area contributed by atoms with Crippen molar-refractivity contribution < 1.29 is 18.9 Å². The number of anilines is 1. The molecule has 8 rings (SSSR count). The fraction of sp³-hybridized carbons (Fsp3) is 0.375. The Kier molecular flexibility index (Phi) is 9.36. The lowest BCUT2D eigenvalue weighted by Crippen LogP contribution is -2.38. The van der Waals surface area contributed by atoms with E-state index in [1.165, 1.54) is 19.3 Å². The van der Waals surface area contributed by atoms with E-state index in [2.05, 4.69) is 35.2 Å². The van der Waals surface area contributed by atoms with E-state index in [9.17, 15) is 5.26 Å². The lowest BCUT2D eigenvalue weighted by Gasteiger charge is -2.25. The van der Waals surface area contributed by atoms with Crippen LogP contribution in [0, 0.1) is 23.2 Å². The van der Waals surface area contributed by atoms with E-state index in [-0.39, 0.29) is 0 Å². The molecule has 1 saturated carbocycles. The van der Waals surface area contributed by atoms with Crippen LogP contribution in [0.1, 0.15) is 53.6 Å². The molecular formula is C40H41N5O4. The molecule has 0 N–H and O–H groups in total. The van der Waals surface area contributed by atoms with Gasteiger partial charge in [0.25, 0.3) is 0 Å². The second-order valence-corrected chi connectivity index (χ2v) is 13.4. The van der Waals surface area contributed by atoms with Crippen molar-refractivity contribution >= 4 is 11.2 Å². The Morgan fingerprint density at radius 3 is 1.98 bits per heavy atom. The van der Waals surface area contributed by atoms with Crippen LogP contribution in [-0.4, -0.2) is 52.6 Å². The zero-order valence-corrected chi connectivity index (χ0v) is 27.5. The lowest BCUT2D eigenvalue weighted by molar-refractivity contribution is -0.0899. The van der Waals surface area contributed by atoms with E-state index in [0.717, 1.165) is 41.0 Å². The van der Waals surface area contributed by atoms with E-state index in [1.807, 2.05) is 79.0 Å². The van der Waals surface area contributed by atoms with E-state index in [4.69, 9.17) is 29.0 Å². The minimum Gasteiger partial charge on any atom is -0.374 e. The van der Waals surface area contributed by atoms with Gasteiger partial charge in [-0.05, 0) is 41.4 Å². The van der Waals surface area contributed by atoms with Crippen molar-refractivity contribution in [1.82, 2.24) is 14.6 Å². The summed E-state index contributed by atoms with van der Waals surface area (Å²) in [5, 5.41) is 14.8. The SMILES string of the molecule is N#Cc1cc(N2CC3CCCC3C2)c2cnc([C@@H]3O[C@H](COCc4ccccc4)[C@@H](OCc4ccccc4)[C@H]3OCc3ccccc3)n2n1. The maximum Gasteiger partial charge on any atom is 0.163 e. The van der Waals surface area contributed by atoms with Crippen LogP contribution in [0.2, 0.25) is 0 Å². The zero-order valence-electron chi connectivity index (χ0n) is 27.5. The average Bonchev–Trinajstić information content (AvgIpc) is 3.94. The van der Waals surface area contributed by atoms with E-state index < -0.39 is 24.4 Å². The van der Waals surface area contributed by atoms with E-state index in [0.29, 0.717) is 49.8 Å². The van der Waals surface area contributed by atoms with Crippen LogP contribution in [-0.2, 0) is 38.8 Å². The first-order valence-electron chi connectivity index (χ1n) is 17.4. The molecule has 0 radical (unpaired) electrons. The number of imidazole rings is 1. The van der Waals surface area contributed by atoms with Crippen molar-refractivity contribution in [3.05, 3.63) is 131 Å². The van der Waals surface area contributed by atoms with Gasteiger partial charge in [0.15, 0.2) is 11.5 Å². The summed E-state index contributed by atoms with van der Waals surface area (Å²) in [7, 11) is 0. The minimum absolute atomic E-state index is 0.304. The molecule has 0 spiro atoms. The molecule has 3 fully saturated rings. The van der Waals surface area contributed by atoms with Gasteiger partial charge in [0.1, 0.15) is 36.0 Å². The Labute approximate surface area is 287 Å². The van der Waals surface area contributed by atoms with Gasteiger partial charge in [-0.3, -0.25) is 0 Å². The fourth-order valence-corrected chi connectivity index (χ4v) is 7.77. The van der Waals surface area contributed by atoms with Crippen molar-refractivity contribution in [2.45, 2.75) is 63.5 Å². The average molecular weight is 656 g/mol. The first-order chi connectivity index (χ1) is 24.2. The van der Waals surface area contributed by atoms with Crippen LogP contribution in [0.5, 0.6) is 0 Å². The quantitative estimate of drug-likeness (QED) is 0.147. The molecule has 3 aliphatic rings. The van der Waals surface area contributed by atoms with Gasteiger partial charge in [-0.1, -0.05) is 97.4 Å². The Balaban J connectivity index is 1.13. The third kappa shape index (κ3) is 6.83. The molecule has 5 aromatic rings. The number of nitrogens with zero attached hydrogens (tertiary/aromatic N) is 5. The third-order valence-corrected chi connectivity index (χ3v) is 10.2. The van der Waals surface area contributed by atoms with Crippen LogP contribution < -0.4 is 4.90 Å². The molecule has 49 heavy (non-hydrogen) atoms. The molecule has 9 nitrogen and oxygen atoms in total. The van der Waals surface area contributed by atoms with E-state index in [1.54, 1.807) is 4.52 Å². The molecule has 0 bridgehead atoms. The summed E-state index contributed by atoms with van der Waals surface area (Å²) in [5.41, 5.74) is 5.40. The summed E-state index contributed by atoms with van der Waals surface area (Å²) >= 11 is 0. The van der Waals surface area contributed by atoms with Crippen molar-refractivity contribution in [2.75, 3.05) is 24.6 Å². The highest BCUT2D eigenvalue weighted by molar-refractivity contribution is 5.74. The van der Waals surface area contributed by atoms with Crippen molar-refractivity contribution in [3.8, 4) is 6.07 Å². The largest absolute Gasteiger partial charge is 0.374 e. The third-order valence-electron chi connectivity index (χ3n) is 10.2. The molecule has 1 aliphatic carbocycles. The summed E-state index contributed by atoms with van der Waals surface area (Å²) in [6, 6.07) is 34.6. The molecule has 3 aromatic carbocycles. The predicted molar refractivity (Wildman–Crippen MR) is 184 cm³/mol. The molecule has 2 aromatic heterocycles.